The first-order valence-corrected chi connectivity index (χ1v) is 13.9. The average molecular weight is 528 g/mol. The van der Waals surface area contributed by atoms with Crippen molar-refractivity contribution in [3.63, 3.8) is 0 Å². The van der Waals surface area contributed by atoms with Crippen LogP contribution in [-0.4, -0.2) is 43.5 Å². The van der Waals surface area contributed by atoms with Gasteiger partial charge in [-0.1, -0.05) is 24.6 Å². The van der Waals surface area contributed by atoms with Crippen LogP contribution >= 0.6 is 11.6 Å². The van der Waals surface area contributed by atoms with Gasteiger partial charge in [-0.3, -0.25) is 0 Å². The van der Waals surface area contributed by atoms with Crippen LogP contribution in [0, 0.1) is 11.8 Å². The van der Waals surface area contributed by atoms with Gasteiger partial charge >= 0.3 is 5.97 Å². The van der Waals surface area contributed by atoms with Crippen LogP contribution in [0.1, 0.15) is 63.0 Å². The summed E-state index contributed by atoms with van der Waals surface area (Å²) in [5.74, 6) is 2.01. The van der Waals surface area contributed by atoms with Crippen LogP contribution in [-0.2, 0) is 21.4 Å². The van der Waals surface area contributed by atoms with Crippen molar-refractivity contribution in [3.05, 3.63) is 52.5 Å². The summed E-state index contributed by atoms with van der Waals surface area (Å²) in [6, 6.07) is 11.9. The average Bonchev–Trinajstić information content (AvgIpc) is 3.16. The zero-order valence-electron chi connectivity index (χ0n) is 21.9. The highest BCUT2D eigenvalue weighted by molar-refractivity contribution is 6.30. The summed E-state index contributed by atoms with van der Waals surface area (Å²) in [5.41, 5.74) is 2.55. The number of nitrogens with one attached hydrogen (secondary N) is 1. The largest absolute Gasteiger partial charge is 0.490 e. The standard InChI is InChI=1S/C30H38ClNO5/c1-20(19-33)14-22-15-21-16-26-27(37-13-4-3-12-36-26)18-25(21)29(22)8-10-30(11-9-29,28(34)35-2)32-24-7-5-6-23(31)17-24/h5-7,16-18,20,22,32-33H,3-4,8-15,19H2,1-2H3/t20-,22+,29?,30?/m1/s1. The van der Waals surface area contributed by atoms with Gasteiger partial charge in [-0.15, -0.1) is 0 Å². The fourth-order valence-corrected chi connectivity index (χ4v) is 6.99. The molecule has 0 aromatic heterocycles. The summed E-state index contributed by atoms with van der Waals surface area (Å²) in [6.45, 7) is 3.70. The van der Waals surface area contributed by atoms with Crippen molar-refractivity contribution < 1.29 is 24.1 Å². The lowest BCUT2D eigenvalue weighted by Gasteiger charge is -2.47. The fraction of sp³-hybridized carbons (Fsp3) is 0.567. The van der Waals surface area contributed by atoms with Crippen molar-refractivity contribution in [1.82, 2.24) is 0 Å². The molecule has 7 heteroatoms. The molecule has 2 N–H and O–H groups in total. The Balaban J connectivity index is 1.50. The molecule has 200 valence electrons. The number of ether oxygens (including phenoxy) is 3. The number of methoxy groups -OCH3 is 1. The van der Waals surface area contributed by atoms with E-state index in [4.69, 9.17) is 25.8 Å². The molecular formula is C30H38ClNO5. The molecule has 5 rings (SSSR count). The summed E-state index contributed by atoms with van der Waals surface area (Å²) < 4.78 is 17.5. The predicted octanol–water partition coefficient (Wildman–Crippen LogP) is 5.92. The molecule has 0 radical (unpaired) electrons. The molecule has 2 aromatic carbocycles. The normalized spacial score (nSPS) is 27.6. The Morgan fingerprint density at radius 2 is 1.84 bits per heavy atom. The van der Waals surface area contributed by atoms with Gasteiger partial charge in [0.1, 0.15) is 5.54 Å². The van der Waals surface area contributed by atoms with Gasteiger partial charge in [-0.2, -0.15) is 0 Å². The van der Waals surface area contributed by atoms with Gasteiger partial charge in [0.15, 0.2) is 11.5 Å². The zero-order valence-corrected chi connectivity index (χ0v) is 22.6. The molecule has 1 saturated carbocycles. The topological polar surface area (TPSA) is 77.0 Å². The molecule has 3 aliphatic rings. The smallest absolute Gasteiger partial charge is 0.331 e. The minimum atomic E-state index is -0.816. The molecule has 37 heavy (non-hydrogen) atoms. The first-order valence-electron chi connectivity index (χ1n) is 13.6. The van der Waals surface area contributed by atoms with E-state index in [0.29, 0.717) is 37.0 Å². The Morgan fingerprint density at radius 1 is 1.14 bits per heavy atom. The number of halogens is 1. The fourth-order valence-electron chi connectivity index (χ4n) is 6.80. The molecule has 0 saturated heterocycles. The van der Waals surface area contributed by atoms with Gasteiger partial charge in [0.2, 0.25) is 0 Å². The van der Waals surface area contributed by atoms with Gasteiger partial charge in [-0.05, 0) is 110 Å². The van der Waals surface area contributed by atoms with E-state index in [1.54, 1.807) is 0 Å². The number of rotatable bonds is 6. The molecule has 2 atom stereocenters. The van der Waals surface area contributed by atoms with Crippen LogP contribution in [0.25, 0.3) is 0 Å². The number of fused-ring (bicyclic) bond motifs is 3. The Bertz CT molecular complexity index is 1130. The number of aliphatic hydroxyl groups is 1. The monoisotopic (exact) mass is 527 g/mol. The highest BCUT2D eigenvalue weighted by Crippen LogP contribution is 2.57. The summed E-state index contributed by atoms with van der Waals surface area (Å²) in [4.78, 5) is 13.2. The van der Waals surface area contributed by atoms with E-state index < -0.39 is 5.54 Å². The van der Waals surface area contributed by atoms with Gasteiger partial charge in [0.25, 0.3) is 0 Å². The molecule has 6 nitrogen and oxygen atoms in total. The van der Waals surface area contributed by atoms with Crippen LogP contribution in [0.3, 0.4) is 0 Å². The summed E-state index contributed by atoms with van der Waals surface area (Å²) in [5, 5.41) is 14.0. The molecule has 2 aliphatic carbocycles. The Morgan fingerprint density at radius 3 is 2.49 bits per heavy atom. The van der Waals surface area contributed by atoms with E-state index in [0.717, 1.165) is 55.7 Å². The lowest BCUT2D eigenvalue weighted by Crippen LogP contribution is -2.53. The molecule has 1 fully saturated rings. The van der Waals surface area contributed by atoms with E-state index in [-0.39, 0.29) is 23.9 Å². The van der Waals surface area contributed by atoms with Gasteiger partial charge in [0.05, 0.1) is 20.3 Å². The van der Waals surface area contributed by atoms with Crippen molar-refractivity contribution in [2.45, 2.75) is 69.2 Å². The second-order valence-corrected chi connectivity index (χ2v) is 11.6. The van der Waals surface area contributed by atoms with Crippen LogP contribution in [0.15, 0.2) is 36.4 Å². The minimum Gasteiger partial charge on any atom is -0.490 e. The molecule has 1 spiro atoms. The number of benzene rings is 2. The summed E-state index contributed by atoms with van der Waals surface area (Å²) in [7, 11) is 1.46. The maximum Gasteiger partial charge on any atom is 0.331 e. The minimum absolute atomic E-state index is 0.0902. The molecule has 0 amide bonds. The Hall–Kier alpha value is -2.44. The number of anilines is 1. The van der Waals surface area contributed by atoms with Gasteiger partial charge in [0, 0.05) is 17.3 Å². The van der Waals surface area contributed by atoms with Crippen molar-refractivity contribution in [2.24, 2.45) is 11.8 Å². The maximum atomic E-state index is 13.2. The number of carbonyl (C=O) groups is 1. The number of carbonyl (C=O) groups excluding carboxylic acids is 1. The first-order chi connectivity index (χ1) is 17.9. The predicted molar refractivity (Wildman–Crippen MR) is 145 cm³/mol. The lowest BCUT2D eigenvalue weighted by molar-refractivity contribution is -0.148. The second kappa shape index (κ2) is 10.7. The lowest BCUT2D eigenvalue weighted by atomic mass is 9.59. The van der Waals surface area contributed by atoms with Crippen molar-refractivity contribution in [3.8, 4) is 11.5 Å². The van der Waals surface area contributed by atoms with Crippen LogP contribution in [0.2, 0.25) is 5.02 Å². The highest BCUT2D eigenvalue weighted by Gasteiger charge is 2.54. The Labute approximate surface area is 224 Å². The number of esters is 1. The third-order valence-electron chi connectivity index (χ3n) is 8.79. The maximum absolute atomic E-state index is 13.2. The quantitative estimate of drug-likeness (QED) is 0.454. The third-order valence-corrected chi connectivity index (χ3v) is 9.02. The van der Waals surface area contributed by atoms with E-state index in [9.17, 15) is 9.90 Å². The second-order valence-electron chi connectivity index (χ2n) is 11.1. The van der Waals surface area contributed by atoms with Crippen molar-refractivity contribution >= 4 is 23.3 Å². The van der Waals surface area contributed by atoms with E-state index in [1.807, 2.05) is 24.3 Å². The number of hydrogen-bond donors (Lipinski definition) is 2. The summed E-state index contributed by atoms with van der Waals surface area (Å²) >= 11 is 6.24. The molecule has 2 aromatic rings. The third kappa shape index (κ3) is 5.03. The van der Waals surface area contributed by atoms with Crippen LogP contribution in [0.5, 0.6) is 11.5 Å². The van der Waals surface area contributed by atoms with Gasteiger partial charge in [-0.25, -0.2) is 4.79 Å². The summed E-state index contributed by atoms with van der Waals surface area (Å²) in [6.07, 6.45) is 6.82. The van der Waals surface area contributed by atoms with Crippen LogP contribution in [0.4, 0.5) is 5.69 Å². The molecule has 1 aliphatic heterocycles. The van der Waals surface area contributed by atoms with E-state index in [1.165, 1.54) is 18.2 Å². The van der Waals surface area contributed by atoms with Crippen molar-refractivity contribution in [1.29, 1.82) is 0 Å². The SMILES string of the molecule is COC(=O)C1(Nc2cccc(Cl)c2)CCC2(CC1)c1cc3c(cc1C[C@@H]2C[C@@H](C)CO)OCCCCO3. The number of aliphatic hydroxyl groups excluding tert-OH is 1. The highest BCUT2D eigenvalue weighted by atomic mass is 35.5. The first kappa shape index (κ1) is 26.2. The van der Waals surface area contributed by atoms with E-state index in [2.05, 4.69) is 24.4 Å². The molecular weight excluding hydrogens is 490 g/mol. The Kier molecular flexibility index (Phi) is 7.60. The molecule has 0 unspecified atom stereocenters. The number of hydrogen-bond acceptors (Lipinski definition) is 6. The van der Waals surface area contributed by atoms with Crippen molar-refractivity contribution in [2.75, 3.05) is 32.2 Å². The zero-order chi connectivity index (χ0) is 26.0. The molecule has 0 bridgehead atoms. The van der Waals surface area contributed by atoms with E-state index >= 15 is 0 Å². The van der Waals surface area contributed by atoms with Crippen LogP contribution < -0.4 is 14.8 Å². The van der Waals surface area contributed by atoms with Gasteiger partial charge < -0.3 is 24.6 Å². The molecule has 1 heterocycles.